The number of nitrogens with zero attached hydrogens (tertiary/aromatic N) is 2. The standard InChI is InChI=1S/C10H10FN5O2/c11-7-1-2-8(9(3-7)16(17)18)13-4-6-5-14-15-10(6)12/h1-3,5,13H,4H2,(H3,12,14,15). The van der Waals surface area contributed by atoms with Gasteiger partial charge in [0, 0.05) is 12.1 Å². The van der Waals surface area contributed by atoms with E-state index in [0.29, 0.717) is 11.4 Å². The molecular formula is C10H10FN5O2. The monoisotopic (exact) mass is 251 g/mol. The maximum Gasteiger partial charge on any atom is 0.295 e. The summed E-state index contributed by atoms with van der Waals surface area (Å²) in [5.74, 6) is -0.276. The zero-order valence-electron chi connectivity index (χ0n) is 9.18. The molecule has 94 valence electrons. The van der Waals surface area contributed by atoms with Crippen LogP contribution in [-0.4, -0.2) is 15.1 Å². The van der Waals surface area contributed by atoms with Gasteiger partial charge in [0.25, 0.3) is 5.69 Å². The van der Waals surface area contributed by atoms with Gasteiger partial charge < -0.3 is 11.1 Å². The van der Waals surface area contributed by atoms with Crippen molar-refractivity contribution in [1.29, 1.82) is 0 Å². The molecule has 8 heteroatoms. The van der Waals surface area contributed by atoms with E-state index in [-0.39, 0.29) is 17.9 Å². The second kappa shape index (κ2) is 4.70. The number of benzene rings is 1. The van der Waals surface area contributed by atoms with Crippen LogP contribution in [0, 0.1) is 15.9 Å². The number of rotatable bonds is 4. The number of H-pyrrole nitrogens is 1. The smallest absolute Gasteiger partial charge is 0.295 e. The molecule has 1 aromatic carbocycles. The fraction of sp³-hybridized carbons (Fsp3) is 0.100. The molecule has 0 atom stereocenters. The van der Waals surface area contributed by atoms with Crippen molar-refractivity contribution in [2.75, 3.05) is 11.1 Å². The largest absolute Gasteiger partial charge is 0.384 e. The molecule has 0 fully saturated rings. The number of nitrogens with two attached hydrogens (primary N) is 1. The first-order valence-corrected chi connectivity index (χ1v) is 5.03. The second-order valence-electron chi connectivity index (χ2n) is 3.58. The van der Waals surface area contributed by atoms with E-state index < -0.39 is 10.7 Å². The maximum atomic E-state index is 12.9. The van der Waals surface area contributed by atoms with Crippen molar-refractivity contribution in [3.8, 4) is 0 Å². The Morgan fingerprint density at radius 1 is 1.56 bits per heavy atom. The molecule has 7 nitrogen and oxygen atoms in total. The minimum Gasteiger partial charge on any atom is -0.384 e. The van der Waals surface area contributed by atoms with Gasteiger partial charge in [0.1, 0.15) is 17.3 Å². The minimum atomic E-state index is -0.657. The number of hydrogen-bond acceptors (Lipinski definition) is 5. The lowest BCUT2D eigenvalue weighted by atomic mass is 10.2. The number of hydrogen-bond donors (Lipinski definition) is 3. The summed E-state index contributed by atoms with van der Waals surface area (Å²) in [6.45, 7) is 0.259. The topological polar surface area (TPSA) is 110 Å². The highest BCUT2D eigenvalue weighted by Crippen LogP contribution is 2.25. The SMILES string of the molecule is Nc1[nH]ncc1CNc1ccc(F)cc1[N+](=O)[O-]. The zero-order valence-corrected chi connectivity index (χ0v) is 9.18. The van der Waals surface area contributed by atoms with Crippen LogP contribution in [-0.2, 0) is 6.54 Å². The summed E-state index contributed by atoms with van der Waals surface area (Å²) >= 11 is 0. The van der Waals surface area contributed by atoms with Crippen LogP contribution in [0.1, 0.15) is 5.56 Å². The Hall–Kier alpha value is -2.64. The van der Waals surface area contributed by atoms with Gasteiger partial charge in [-0.15, -0.1) is 0 Å². The summed E-state index contributed by atoms with van der Waals surface area (Å²) in [4.78, 5) is 10.1. The van der Waals surface area contributed by atoms with Gasteiger partial charge in [-0.2, -0.15) is 5.10 Å². The van der Waals surface area contributed by atoms with E-state index in [9.17, 15) is 14.5 Å². The van der Waals surface area contributed by atoms with Crippen LogP contribution in [0.5, 0.6) is 0 Å². The van der Waals surface area contributed by atoms with Crippen molar-refractivity contribution in [2.45, 2.75) is 6.54 Å². The second-order valence-corrected chi connectivity index (χ2v) is 3.58. The predicted molar refractivity (Wildman–Crippen MR) is 63.4 cm³/mol. The van der Waals surface area contributed by atoms with Crippen LogP contribution in [0.25, 0.3) is 0 Å². The first kappa shape index (κ1) is 11.8. The van der Waals surface area contributed by atoms with Gasteiger partial charge in [-0.25, -0.2) is 4.39 Å². The van der Waals surface area contributed by atoms with Gasteiger partial charge in [-0.3, -0.25) is 15.2 Å². The van der Waals surface area contributed by atoms with Crippen LogP contribution < -0.4 is 11.1 Å². The van der Waals surface area contributed by atoms with Gasteiger partial charge in [0.15, 0.2) is 0 Å². The van der Waals surface area contributed by atoms with E-state index in [2.05, 4.69) is 15.5 Å². The lowest BCUT2D eigenvalue weighted by Crippen LogP contribution is -2.04. The molecule has 0 saturated carbocycles. The Morgan fingerprint density at radius 2 is 2.33 bits per heavy atom. The molecule has 2 aromatic rings. The first-order chi connectivity index (χ1) is 8.58. The molecule has 0 aliphatic rings. The highest BCUT2D eigenvalue weighted by molar-refractivity contribution is 5.61. The van der Waals surface area contributed by atoms with Crippen molar-refractivity contribution in [3.05, 3.63) is 45.9 Å². The molecule has 1 aromatic heterocycles. The fourth-order valence-corrected chi connectivity index (χ4v) is 1.46. The number of nitro benzene ring substituents is 1. The van der Waals surface area contributed by atoms with Gasteiger partial charge >= 0.3 is 0 Å². The van der Waals surface area contributed by atoms with Crippen LogP contribution in [0.4, 0.5) is 21.6 Å². The van der Waals surface area contributed by atoms with E-state index in [0.717, 1.165) is 12.1 Å². The summed E-state index contributed by atoms with van der Waals surface area (Å²) in [6.07, 6.45) is 1.51. The number of halogens is 1. The normalized spacial score (nSPS) is 10.3. The number of aromatic nitrogens is 2. The molecular weight excluding hydrogens is 241 g/mol. The Balaban J connectivity index is 2.19. The molecule has 0 amide bonds. The van der Waals surface area contributed by atoms with Crippen molar-refractivity contribution >= 4 is 17.2 Å². The molecule has 0 aliphatic heterocycles. The van der Waals surface area contributed by atoms with Crippen LogP contribution >= 0.6 is 0 Å². The van der Waals surface area contributed by atoms with Crippen molar-refractivity contribution in [2.24, 2.45) is 0 Å². The van der Waals surface area contributed by atoms with Crippen molar-refractivity contribution in [3.63, 3.8) is 0 Å². The number of nitro groups is 1. The average Bonchev–Trinajstić information content (AvgIpc) is 2.73. The van der Waals surface area contributed by atoms with Crippen LogP contribution in [0.15, 0.2) is 24.4 Å². The number of nitrogens with one attached hydrogen (secondary N) is 2. The van der Waals surface area contributed by atoms with E-state index in [1.54, 1.807) is 0 Å². The highest BCUT2D eigenvalue weighted by Gasteiger charge is 2.15. The zero-order chi connectivity index (χ0) is 13.1. The van der Waals surface area contributed by atoms with E-state index in [1.165, 1.54) is 12.3 Å². The summed E-state index contributed by atoms with van der Waals surface area (Å²) < 4.78 is 12.9. The Bertz CT molecular complexity index is 583. The third-order valence-electron chi connectivity index (χ3n) is 2.38. The van der Waals surface area contributed by atoms with E-state index in [4.69, 9.17) is 5.73 Å². The van der Waals surface area contributed by atoms with Gasteiger partial charge in [0.2, 0.25) is 0 Å². The van der Waals surface area contributed by atoms with Crippen LogP contribution in [0.2, 0.25) is 0 Å². The van der Waals surface area contributed by atoms with Crippen LogP contribution in [0.3, 0.4) is 0 Å². The van der Waals surface area contributed by atoms with E-state index >= 15 is 0 Å². The summed E-state index contributed by atoms with van der Waals surface area (Å²) in [5.41, 5.74) is 6.15. The quantitative estimate of drug-likeness (QED) is 0.565. The third kappa shape index (κ3) is 2.37. The third-order valence-corrected chi connectivity index (χ3v) is 2.38. The number of anilines is 2. The molecule has 2 rings (SSSR count). The number of nitrogen functional groups attached to an aromatic ring is 1. The number of aromatic amines is 1. The Kier molecular flexibility index (Phi) is 3.09. The Labute approximate surface area is 101 Å². The molecule has 0 saturated heterocycles. The van der Waals surface area contributed by atoms with Crippen molar-refractivity contribution in [1.82, 2.24) is 10.2 Å². The Morgan fingerprint density at radius 3 is 2.94 bits per heavy atom. The highest BCUT2D eigenvalue weighted by atomic mass is 19.1. The fourth-order valence-electron chi connectivity index (χ4n) is 1.46. The predicted octanol–water partition coefficient (Wildman–Crippen LogP) is 1.65. The lowest BCUT2D eigenvalue weighted by Gasteiger charge is -2.06. The molecule has 18 heavy (non-hydrogen) atoms. The molecule has 0 spiro atoms. The minimum absolute atomic E-state index is 0.224. The van der Waals surface area contributed by atoms with Gasteiger partial charge in [-0.05, 0) is 12.1 Å². The summed E-state index contributed by atoms with van der Waals surface area (Å²) in [6, 6.07) is 3.32. The summed E-state index contributed by atoms with van der Waals surface area (Å²) in [5, 5.41) is 19.8. The van der Waals surface area contributed by atoms with Gasteiger partial charge in [0.05, 0.1) is 17.2 Å². The van der Waals surface area contributed by atoms with E-state index in [1.807, 2.05) is 0 Å². The lowest BCUT2D eigenvalue weighted by molar-refractivity contribution is -0.384. The van der Waals surface area contributed by atoms with Gasteiger partial charge in [-0.1, -0.05) is 0 Å². The molecule has 0 unspecified atom stereocenters. The molecule has 0 aliphatic carbocycles. The first-order valence-electron chi connectivity index (χ1n) is 5.03. The average molecular weight is 251 g/mol. The summed E-state index contributed by atoms with van der Waals surface area (Å²) in [7, 11) is 0. The molecule has 0 radical (unpaired) electrons. The molecule has 0 bridgehead atoms. The molecule has 1 heterocycles. The maximum absolute atomic E-state index is 12.9. The van der Waals surface area contributed by atoms with Crippen molar-refractivity contribution < 1.29 is 9.31 Å². The molecule has 4 N–H and O–H groups in total.